The first-order chi connectivity index (χ1) is 13.7. The third-order valence-electron chi connectivity index (χ3n) is 4.19. The van der Waals surface area contributed by atoms with Crippen LogP contribution in [0.15, 0.2) is 64.2 Å². The van der Waals surface area contributed by atoms with Crippen molar-refractivity contribution >= 4 is 0 Å². The highest BCUT2D eigenvalue weighted by Crippen LogP contribution is 2.27. The fourth-order valence-electron chi connectivity index (χ4n) is 2.67. The molecule has 3 aromatic rings. The largest absolute Gasteiger partial charge is 0.489 e. The predicted octanol–water partition coefficient (Wildman–Crippen LogP) is 3.01. The molecule has 148 valence electrons. The van der Waals surface area contributed by atoms with E-state index >= 15 is 0 Å². The van der Waals surface area contributed by atoms with Gasteiger partial charge in [0.2, 0.25) is 0 Å². The minimum absolute atomic E-state index is 0.120. The molecule has 0 spiro atoms. The highest BCUT2D eigenvalue weighted by atomic mass is 19.4. The molecule has 0 saturated heterocycles. The third kappa shape index (κ3) is 4.21. The van der Waals surface area contributed by atoms with Crippen molar-refractivity contribution in [3.8, 4) is 17.5 Å². The second-order valence-electron chi connectivity index (χ2n) is 6.13. The number of alkyl halides is 3. The zero-order chi connectivity index (χ0) is 21.2. The standard InChI is InChI=1S/C20H14F3N3O3/c1-25-17(20(21,22)23)10-18(27)26(19(25)28)15-6-8-16(9-7-15)29-12-14-4-2-13(11-24)3-5-14/h2-10H,12H2,1H3. The molecule has 0 aliphatic rings. The van der Waals surface area contributed by atoms with E-state index in [9.17, 15) is 22.8 Å². The van der Waals surface area contributed by atoms with E-state index in [-0.39, 0.29) is 12.3 Å². The lowest BCUT2D eigenvalue weighted by Gasteiger charge is -2.14. The molecule has 0 saturated carbocycles. The maximum absolute atomic E-state index is 12.9. The first-order valence-electron chi connectivity index (χ1n) is 8.33. The quantitative estimate of drug-likeness (QED) is 0.674. The lowest BCUT2D eigenvalue weighted by molar-refractivity contribution is -0.144. The molecular formula is C20H14F3N3O3. The van der Waals surface area contributed by atoms with E-state index in [2.05, 4.69) is 0 Å². The van der Waals surface area contributed by atoms with E-state index in [0.29, 0.717) is 26.5 Å². The van der Waals surface area contributed by atoms with Crippen molar-refractivity contribution in [1.82, 2.24) is 9.13 Å². The Morgan fingerprint density at radius 3 is 2.21 bits per heavy atom. The molecule has 0 N–H and O–H groups in total. The first-order valence-corrected chi connectivity index (χ1v) is 8.33. The summed E-state index contributed by atoms with van der Waals surface area (Å²) in [5.41, 5.74) is -2.01. The van der Waals surface area contributed by atoms with Gasteiger partial charge in [-0.05, 0) is 42.0 Å². The molecule has 9 heteroatoms. The fraction of sp³-hybridized carbons (Fsp3) is 0.150. The van der Waals surface area contributed by atoms with Crippen molar-refractivity contribution in [2.24, 2.45) is 7.05 Å². The van der Waals surface area contributed by atoms with Crippen LogP contribution in [0.1, 0.15) is 16.8 Å². The van der Waals surface area contributed by atoms with Gasteiger partial charge >= 0.3 is 11.9 Å². The Balaban J connectivity index is 1.83. The van der Waals surface area contributed by atoms with Gasteiger partial charge in [-0.2, -0.15) is 18.4 Å². The molecule has 0 amide bonds. The van der Waals surface area contributed by atoms with Gasteiger partial charge < -0.3 is 4.74 Å². The zero-order valence-corrected chi connectivity index (χ0v) is 15.1. The SMILES string of the molecule is Cn1c(C(F)(F)F)cc(=O)n(-c2ccc(OCc3ccc(C#N)cc3)cc2)c1=O. The number of hydrogen-bond donors (Lipinski definition) is 0. The topological polar surface area (TPSA) is 77.0 Å². The molecule has 0 aliphatic heterocycles. The Kier molecular flexibility index (Phi) is 5.28. The average Bonchev–Trinajstić information content (AvgIpc) is 2.69. The average molecular weight is 401 g/mol. The van der Waals surface area contributed by atoms with Crippen LogP contribution in [0.25, 0.3) is 5.69 Å². The van der Waals surface area contributed by atoms with Gasteiger partial charge in [0.05, 0.1) is 17.3 Å². The van der Waals surface area contributed by atoms with Crippen LogP contribution in [0, 0.1) is 11.3 Å². The monoisotopic (exact) mass is 401 g/mol. The van der Waals surface area contributed by atoms with Crippen LogP contribution >= 0.6 is 0 Å². The van der Waals surface area contributed by atoms with Gasteiger partial charge in [-0.15, -0.1) is 0 Å². The summed E-state index contributed by atoms with van der Waals surface area (Å²) < 4.78 is 45.4. The second-order valence-corrected chi connectivity index (χ2v) is 6.13. The van der Waals surface area contributed by atoms with E-state index in [4.69, 9.17) is 10.00 Å². The van der Waals surface area contributed by atoms with Gasteiger partial charge in [0.15, 0.2) is 0 Å². The summed E-state index contributed by atoms with van der Waals surface area (Å²) in [4.78, 5) is 24.4. The lowest BCUT2D eigenvalue weighted by atomic mass is 10.1. The van der Waals surface area contributed by atoms with Crippen LogP contribution in [0.2, 0.25) is 0 Å². The number of rotatable bonds is 4. The molecule has 2 aromatic carbocycles. The lowest BCUT2D eigenvalue weighted by Crippen LogP contribution is -2.40. The molecule has 1 aromatic heterocycles. The summed E-state index contributed by atoms with van der Waals surface area (Å²) in [5, 5.41) is 8.78. The summed E-state index contributed by atoms with van der Waals surface area (Å²) in [6, 6.07) is 15.0. The summed E-state index contributed by atoms with van der Waals surface area (Å²) in [6.45, 7) is 0.229. The maximum Gasteiger partial charge on any atom is 0.431 e. The van der Waals surface area contributed by atoms with E-state index in [0.717, 1.165) is 12.6 Å². The predicted molar refractivity (Wildman–Crippen MR) is 97.8 cm³/mol. The summed E-state index contributed by atoms with van der Waals surface area (Å²) in [7, 11) is 0.955. The van der Waals surface area contributed by atoms with E-state index in [1.54, 1.807) is 24.3 Å². The number of hydrogen-bond acceptors (Lipinski definition) is 4. The number of nitrogens with zero attached hydrogens (tertiary/aromatic N) is 3. The van der Waals surface area contributed by atoms with Crippen molar-refractivity contribution in [1.29, 1.82) is 5.26 Å². The molecular weight excluding hydrogens is 387 g/mol. The van der Waals surface area contributed by atoms with Crippen LogP contribution in [-0.2, 0) is 19.8 Å². The Labute approximate surface area is 162 Å². The molecule has 0 unspecified atom stereocenters. The molecule has 0 fully saturated rings. The minimum atomic E-state index is -4.81. The van der Waals surface area contributed by atoms with Crippen LogP contribution < -0.4 is 16.0 Å². The molecule has 0 atom stereocenters. The number of halogens is 3. The summed E-state index contributed by atoms with van der Waals surface area (Å²) in [5.74, 6) is 0.440. The number of benzene rings is 2. The Bertz CT molecular complexity index is 1190. The number of aromatic nitrogens is 2. The van der Waals surface area contributed by atoms with Crippen LogP contribution in [0.4, 0.5) is 13.2 Å². The summed E-state index contributed by atoms with van der Waals surface area (Å²) >= 11 is 0. The molecule has 3 rings (SSSR count). The van der Waals surface area contributed by atoms with Gasteiger partial charge in [-0.25, -0.2) is 9.36 Å². The highest BCUT2D eigenvalue weighted by Gasteiger charge is 2.35. The Morgan fingerprint density at radius 2 is 1.66 bits per heavy atom. The molecule has 1 heterocycles. The van der Waals surface area contributed by atoms with Gasteiger partial charge in [0, 0.05) is 13.1 Å². The number of ether oxygens (including phenoxy) is 1. The van der Waals surface area contributed by atoms with Gasteiger partial charge in [0.25, 0.3) is 5.56 Å². The Hall–Kier alpha value is -3.80. The summed E-state index contributed by atoms with van der Waals surface area (Å²) in [6.07, 6.45) is -4.81. The van der Waals surface area contributed by atoms with Gasteiger partial charge in [0.1, 0.15) is 18.1 Å². The molecule has 0 radical (unpaired) electrons. The van der Waals surface area contributed by atoms with E-state index < -0.39 is 23.1 Å². The molecule has 6 nitrogen and oxygen atoms in total. The van der Waals surface area contributed by atoms with Crippen LogP contribution in [0.5, 0.6) is 5.75 Å². The molecule has 0 aliphatic carbocycles. The third-order valence-corrected chi connectivity index (χ3v) is 4.19. The van der Waals surface area contributed by atoms with Crippen LogP contribution in [0.3, 0.4) is 0 Å². The highest BCUT2D eigenvalue weighted by molar-refractivity contribution is 5.38. The molecule has 0 bridgehead atoms. The molecule has 29 heavy (non-hydrogen) atoms. The van der Waals surface area contributed by atoms with Gasteiger partial charge in [-0.1, -0.05) is 12.1 Å². The fourth-order valence-corrected chi connectivity index (χ4v) is 2.67. The second kappa shape index (κ2) is 7.67. The smallest absolute Gasteiger partial charge is 0.431 e. The Morgan fingerprint density at radius 1 is 1.03 bits per heavy atom. The normalized spacial score (nSPS) is 11.1. The van der Waals surface area contributed by atoms with Crippen molar-refractivity contribution < 1.29 is 17.9 Å². The maximum atomic E-state index is 12.9. The van der Waals surface area contributed by atoms with Crippen molar-refractivity contribution in [3.63, 3.8) is 0 Å². The van der Waals surface area contributed by atoms with E-state index in [1.165, 1.54) is 24.3 Å². The van der Waals surface area contributed by atoms with E-state index in [1.807, 2.05) is 6.07 Å². The zero-order valence-electron chi connectivity index (χ0n) is 15.1. The minimum Gasteiger partial charge on any atom is -0.489 e. The van der Waals surface area contributed by atoms with Crippen LogP contribution in [-0.4, -0.2) is 9.13 Å². The van der Waals surface area contributed by atoms with Crippen molar-refractivity contribution in [2.45, 2.75) is 12.8 Å². The number of nitriles is 1. The van der Waals surface area contributed by atoms with Gasteiger partial charge in [-0.3, -0.25) is 9.36 Å². The first kappa shape index (κ1) is 19.9. The van der Waals surface area contributed by atoms with Crippen molar-refractivity contribution in [2.75, 3.05) is 0 Å². The van der Waals surface area contributed by atoms with Crippen molar-refractivity contribution in [3.05, 3.63) is 92.3 Å².